The standard InChI is InChI=1S/C24H20N6O4S2/c31-15-3-1-2-14(10-15)27-18-4-5-25-24(28-18)29-19-12-26-23(35-19)16-13-34-21-17(32)11-20(36-22(16)21)30-6-8-33-9-7-30/h1-5,10-13,31H,6-9H2,(H2,25,27,28,29). The number of anilines is 5. The van der Waals surface area contributed by atoms with Crippen molar-refractivity contribution in [2.75, 3.05) is 41.8 Å². The normalized spacial score (nSPS) is 13.7. The van der Waals surface area contributed by atoms with Gasteiger partial charge in [0.1, 0.15) is 27.8 Å². The van der Waals surface area contributed by atoms with Crippen molar-refractivity contribution < 1.29 is 14.3 Å². The van der Waals surface area contributed by atoms with Crippen LogP contribution in [-0.2, 0) is 4.74 Å². The molecule has 12 heteroatoms. The van der Waals surface area contributed by atoms with Gasteiger partial charge in [-0.1, -0.05) is 17.4 Å². The van der Waals surface area contributed by atoms with Crippen LogP contribution < -0.4 is 21.0 Å². The lowest BCUT2D eigenvalue weighted by atomic mass is 10.3. The Balaban J connectivity index is 1.24. The van der Waals surface area contributed by atoms with Crippen LogP contribution in [0.3, 0.4) is 0 Å². The highest BCUT2D eigenvalue weighted by Crippen LogP contribution is 2.39. The first-order valence-electron chi connectivity index (χ1n) is 11.1. The first kappa shape index (κ1) is 22.5. The maximum atomic E-state index is 12.7. The predicted octanol–water partition coefficient (Wildman–Crippen LogP) is 4.80. The molecule has 1 fully saturated rings. The molecule has 0 amide bonds. The van der Waals surface area contributed by atoms with Crippen molar-refractivity contribution in [3.05, 3.63) is 65.3 Å². The van der Waals surface area contributed by atoms with Crippen molar-refractivity contribution >= 4 is 60.4 Å². The monoisotopic (exact) mass is 520 g/mol. The summed E-state index contributed by atoms with van der Waals surface area (Å²) in [7, 11) is 0. The molecule has 36 heavy (non-hydrogen) atoms. The summed E-state index contributed by atoms with van der Waals surface area (Å²) in [5, 5.41) is 18.3. The summed E-state index contributed by atoms with van der Waals surface area (Å²) in [5.41, 5.74) is 1.68. The van der Waals surface area contributed by atoms with Gasteiger partial charge in [-0.3, -0.25) is 4.79 Å². The Morgan fingerprint density at radius 3 is 2.81 bits per heavy atom. The van der Waals surface area contributed by atoms with E-state index in [2.05, 4.69) is 30.5 Å². The van der Waals surface area contributed by atoms with E-state index in [0.717, 1.165) is 38.4 Å². The lowest BCUT2D eigenvalue weighted by Crippen LogP contribution is -2.36. The maximum absolute atomic E-state index is 12.7. The highest BCUT2D eigenvalue weighted by molar-refractivity contribution is 7.23. The molecule has 4 aromatic heterocycles. The molecule has 0 radical (unpaired) electrons. The summed E-state index contributed by atoms with van der Waals surface area (Å²) in [6.45, 7) is 2.79. The minimum absolute atomic E-state index is 0.143. The van der Waals surface area contributed by atoms with Gasteiger partial charge in [-0.05, 0) is 18.2 Å². The number of rotatable bonds is 6. The second-order valence-corrected chi connectivity index (χ2v) is 10.0. The second-order valence-electron chi connectivity index (χ2n) is 7.95. The Kier molecular flexibility index (Phi) is 5.97. The molecular weight excluding hydrogens is 500 g/mol. The van der Waals surface area contributed by atoms with E-state index in [1.165, 1.54) is 22.7 Å². The lowest BCUT2D eigenvalue weighted by Gasteiger charge is -2.27. The number of aromatic nitrogens is 3. The van der Waals surface area contributed by atoms with Crippen molar-refractivity contribution in [1.29, 1.82) is 0 Å². The Hall–Kier alpha value is -4.00. The average molecular weight is 521 g/mol. The van der Waals surface area contributed by atoms with E-state index in [1.807, 2.05) is 6.07 Å². The van der Waals surface area contributed by atoms with Crippen LogP contribution in [0.15, 0.2) is 64.3 Å². The molecule has 3 N–H and O–H groups in total. The first-order chi connectivity index (χ1) is 17.6. The van der Waals surface area contributed by atoms with Crippen LogP contribution in [0, 0.1) is 0 Å². The summed E-state index contributed by atoms with van der Waals surface area (Å²) >= 11 is 2.94. The molecule has 5 aromatic rings. The van der Waals surface area contributed by atoms with Gasteiger partial charge in [0.2, 0.25) is 11.4 Å². The van der Waals surface area contributed by atoms with Gasteiger partial charge < -0.3 is 29.8 Å². The largest absolute Gasteiger partial charge is 0.508 e. The third-order valence-electron chi connectivity index (χ3n) is 5.50. The smallest absolute Gasteiger partial charge is 0.229 e. The number of aromatic hydroxyl groups is 1. The summed E-state index contributed by atoms with van der Waals surface area (Å²) < 4.78 is 11.8. The predicted molar refractivity (Wildman–Crippen MR) is 141 cm³/mol. The van der Waals surface area contributed by atoms with Crippen LogP contribution in [0.1, 0.15) is 0 Å². The van der Waals surface area contributed by atoms with Gasteiger partial charge in [0.25, 0.3) is 0 Å². The van der Waals surface area contributed by atoms with Gasteiger partial charge in [0, 0.05) is 37.1 Å². The maximum Gasteiger partial charge on any atom is 0.229 e. The van der Waals surface area contributed by atoms with Crippen LogP contribution in [0.2, 0.25) is 0 Å². The number of fused-ring (bicyclic) bond motifs is 1. The average Bonchev–Trinajstić information content (AvgIpc) is 3.52. The van der Waals surface area contributed by atoms with Crippen molar-refractivity contribution in [3.8, 4) is 16.3 Å². The van der Waals surface area contributed by atoms with Crippen molar-refractivity contribution in [1.82, 2.24) is 15.0 Å². The zero-order valence-corrected chi connectivity index (χ0v) is 20.4. The molecule has 0 atom stereocenters. The molecule has 5 heterocycles. The van der Waals surface area contributed by atoms with Crippen LogP contribution in [-0.4, -0.2) is 46.4 Å². The molecule has 0 unspecified atom stereocenters. The van der Waals surface area contributed by atoms with E-state index >= 15 is 0 Å². The van der Waals surface area contributed by atoms with Crippen molar-refractivity contribution in [2.24, 2.45) is 0 Å². The summed E-state index contributed by atoms with van der Waals surface area (Å²) in [5.74, 6) is 1.13. The Labute approximate surface area is 212 Å². The van der Waals surface area contributed by atoms with Gasteiger partial charge in [-0.15, -0.1) is 11.3 Å². The van der Waals surface area contributed by atoms with Crippen LogP contribution in [0.4, 0.5) is 27.5 Å². The van der Waals surface area contributed by atoms with Gasteiger partial charge in [0.15, 0.2) is 5.58 Å². The summed E-state index contributed by atoms with van der Waals surface area (Å²) in [6, 6.07) is 10.2. The zero-order chi connectivity index (χ0) is 24.5. The fraction of sp³-hybridized carbons (Fsp3) is 0.167. The minimum Gasteiger partial charge on any atom is -0.508 e. The van der Waals surface area contributed by atoms with E-state index in [-0.39, 0.29) is 11.2 Å². The quantitative estimate of drug-likeness (QED) is 0.287. The molecule has 1 aliphatic heterocycles. The number of ether oxygens (including phenoxy) is 1. The van der Waals surface area contributed by atoms with E-state index in [1.54, 1.807) is 49.0 Å². The number of benzene rings is 1. The molecule has 6 rings (SSSR count). The summed E-state index contributed by atoms with van der Waals surface area (Å²) in [6.07, 6.45) is 4.92. The number of nitrogens with one attached hydrogen (secondary N) is 2. The number of hydrogen-bond acceptors (Lipinski definition) is 12. The molecule has 1 aliphatic rings. The van der Waals surface area contributed by atoms with Gasteiger partial charge >= 0.3 is 0 Å². The third-order valence-corrected chi connectivity index (χ3v) is 7.64. The Morgan fingerprint density at radius 1 is 1.06 bits per heavy atom. The van der Waals surface area contributed by atoms with Crippen LogP contribution >= 0.6 is 22.7 Å². The van der Waals surface area contributed by atoms with E-state index in [0.29, 0.717) is 36.3 Å². The molecule has 182 valence electrons. The number of morpholine rings is 1. The highest BCUT2D eigenvalue weighted by Gasteiger charge is 2.19. The number of hydrogen-bond donors (Lipinski definition) is 3. The Bertz CT molecular complexity index is 1590. The van der Waals surface area contributed by atoms with Gasteiger partial charge in [-0.25, -0.2) is 9.97 Å². The van der Waals surface area contributed by atoms with Gasteiger partial charge in [-0.2, -0.15) is 4.98 Å². The number of phenols is 1. The topological polar surface area (TPSA) is 126 Å². The number of nitrogens with zero attached hydrogens (tertiary/aromatic N) is 4. The number of phenolic OH excluding ortho intramolecular Hbond substituents is 1. The molecule has 0 saturated carbocycles. The van der Waals surface area contributed by atoms with Crippen molar-refractivity contribution in [3.63, 3.8) is 0 Å². The Morgan fingerprint density at radius 2 is 1.94 bits per heavy atom. The SMILES string of the molecule is O=c1cc(N2CCOCC2)sc2c(-c3ncc(Nc4nccc(Nc5cccc(O)c5)n4)s3)coc12. The highest BCUT2D eigenvalue weighted by atomic mass is 32.1. The summed E-state index contributed by atoms with van der Waals surface area (Å²) in [4.78, 5) is 28.2. The lowest BCUT2D eigenvalue weighted by molar-refractivity contribution is 0.123. The molecule has 1 saturated heterocycles. The zero-order valence-electron chi connectivity index (χ0n) is 18.8. The molecule has 1 aromatic carbocycles. The molecule has 10 nitrogen and oxygen atoms in total. The molecule has 0 bridgehead atoms. The second kappa shape index (κ2) is 9.57. The fourth-order valence-electron chi connectivity index (χ4n) is 3.80. The molecular formula is C24H20N6O4S2. The number of furan rings is 1. The van der Waals surface area contributed by atoms with E-state index in [4.69, 9.17) is 9.15 Å². The molecule has 0 aliphatic carbocycles. The fourth-order valence-corrected chi connectivity index (χ4v) is 5.87. The number of thiazole rings is 1. The van der Waals surface area contributed by atoms with Crippen molar-refractivity contribution in [2.45, 2.75) is 0 Å². The third kappa shape index (κ3) is 4.61. The molecule has 0 spiro atoms. The first-order valence-corrected chi connectivity index (χ1v) is 12.8. The van der Waals surface area contributed by atoms with E-state index in [9.17, 15) is 9.90 Å². The van der Waals surface area contributed by atoms with Crippen LogP contribution in [0.5, 0.6) is 5.75 Å². The van der Waals surface area contributed by atoms with E-state index < -0.39 is 0 Å². The van der Waals surface area contributed by atoms with Gasteiger partial charge in [0.05, 0.1) is 34.7 Å². The van der Waals surface area contributed by atoms with Crippen LogP contribution in [0.25, 0.3) is 20.9 Å². The minimum atomic E-state index is -0.143.